The summed E-state index contributed by atoms with van der Waals surface area (Å²) in [6, 6.07) is 9.16. The van der Waals surface area contributed by atoms with E-state index in [1.54, 1.807) is 23.8 Å². The second-order valence-electron chi connectivity index (χ2n) is 5.31. The van der Waals surface area contributed by atoms with Gasteiger partial charge >= 0.3 is 23.0 Å². The molecular formula is C19H21BrCuN2O7. The van der Waals surface area contributed by atoms with Gasteiger partial charge in [-0.05, 0) is 51.1 Å². The normalized spacial score (nSPS) is 8.83. The number of rotatable bonds is 4. The third kappa shape index (κ3) is 12.1. The summed E-state index contributed by atoms with van der Waals surface area (Å²) in [5, 5.41) is 20.4. The number of hydrogen-bond donors (Lipinski definition) is 1. The van der Waals surface area contributed by atoms with Crippen molar-refractivity contribution in [3.63, 3.8) is 0 Å². The van der Waals surface area contributed by atoms with Gasteiger partial charge < -0.3 is 34.4 Å². The number of nitrogens with zero attached hydrogens (tertiary/aromatic N) is 1. The van der Waals surface area contributed by atoms with Crippen LogP contribution in [0.1, 0.15) is 38.2 Å². The Balaban J connectivity index is 0. The number of hydrogen-bond acceptors (Lipinski definition) is 7. The number of amides is 1. The maximum absolute atomic E-state index is 12.2. The molecule has 0 aliphatic rings. The second-order valence-corrected chi connectivity index (χ2v) is 6.22. The number of carboxylic acid groups (broad SMARTS) is 2. The molecule has 2 rings (SSSR count). The van der Waals surface area contributed by atoms with Crippen molar-refractivity contribution < 1.29 is 51.2 Å². The van der Waals surface area contributed by atoms with Gasteiger partial charge in [0.25, 0.3) is 0 Å². The maximum Gasteiger partial charge on any atom is 2.00 e. The van der Waals surface area contributed by atoms with Gasteiger partial charge in [0.05, 0.1) is 12.3 Å². The van der Waals surface area contributed by atoms with Crippen LogP contribution >= 0.6 is 15.9 Å². The molecule has 0 aliphatic carbocycles. The van der Waals surface area contributed by atoms with Crippen LogP contribution in [0.2, 0.25) is 0 Å². The Hall–Kier alpha value is -2.62. The number of carbonyl (C=O) groups excluding carboxylic acids is 4. The number of nitrogens with one attached hydrogen (secondary N) is 1. The molecule has 30 heavy (non-hydrogen) atoms. The number of halogens is 1. The Morgan fingerprint density at radius 2 is 1.47 bits per heavy atom. The number of carboxylic acids is 2. The molecule has 9 nitrogen and oxygen atoms in total. The van der Waals surface area contributed by atoms with Crippen molar-refractivity contribution in [2.24, 2.45) is 0 Å². The van der Waals surface area contributed by atoms with E-state index >= 15 is 0 Å². The Morgan fingerprint density at radius 3 is 1.87 bits per heavy atom. The fourth-order valence-electron chi connectivity index (χ4n) is 1.95. The molecule has 0 atom stereocenters. The zero-order chi connectivity index (χ0) is 22.6. The minimum atomic E-state index is -1.08. The second kappa shape index (κ2) is 15.3. The number of aromatic nitrogens is 1. The Morgan fingerprint density at radius 1 is 1.00 bits per heavy atom. The van der Waals surface area contributed by atoms with Crippen LogP contribution in [0.3, 0.4) is 0 Å². The molecule has 1 radical (unpaired) electrons. The topological polar surface area (TPSA) is 141 Å². The van der Waals surface area contributed by atoms with E-state index in [2.05, 4.69) is 21.2 Å². The summed E-state index contributed by atoms with van der Waals surface area (Å²) in [5.74, 6) is -2.89. The predicted octanol–water partition coefficient (Wildman–Crippen LogP) is 0.885. The van der Waals surface area contributed by atoms with Gasteiger partial charge in [-0.2, -0.15) is 0 Å². The van der Waals surface area contributed by atoms with Crippen LogP contribution in [0.25, 0.3) is 5.69 Å². The summed E-state index contributed by atoms with van der Waals surface area (Å²) in [4.78, 5) is 41.2. The minimum Gasteiger partial charge on any atom is -0.550 e. The summed E-state index contributed by atoms with van der Waals surface area (Å²) in [7, 11) is 0. The van der Waals surface area contributed by atoms with Crippen LogP contribution in [-0.4, -0.2) is 35.0 Å². The molecule has 1 heterocycles. The number of esters is 1. The first-order valence-corrected chi connectivity index (χ1v) is 9.06. The Labute approximate surface area is 193 Å². The fourth-order valence-corrected chi connectivity index (χ4v) is 2.21. The van der Waals surface area contributed by atoms with E-state index in [1.165, 1.54) is 6.92 Å². The quantitative estimate of drug-likeness (QED) is 0.455. The largest absolute Gasteiger partial charge is 2.00 e. The van der Waals surface area contributed by atoms with E-state index in [0.717, 1.165) is 24.0 Å². The van der Waals surface area contributed by atoms with Crippen molar-refractivity contribution in [1.82, 2.24) is 4.57 Å². The molecule has 0 fully saturated rings. The van der Waals surface area contributed by atoms with Gasteiger partial charge in [0.2, 0.25) is 5.91 Å². The van der Waals surface area contributed by atoms with E-state index in [0.29, 0.717) is 11.4 Å². The van der Waals surface area contributed by atoms with Gasteiger partial charge in [-0.25, -0.2) is 4.79 Å². The van der Waals surface area contributed by atoms with E-state index < -0.39 is 17.9 Å². The number of aliphatic carboxylic acids is 2. The van der Waals surface area contributed by atoms with Crippen LogP contribution in [0, 0.1) is 0 Å². The number of anilines is 1. The van der Waals surface area contributed by atoms with Gasteiger partial charge in [-0.15, -0.1) is 0 Å². The zero-order valence-corrected chi connectivity index (χ0v) is 19.2. The van der Waals surface area contributed by atoms with E-state index in [4.69, 9.17) is 24.5 Å². The Bertz CT molecular complexity index is 831. The smallest absolute Gasteiger partial charge is 0.550 e. The standard InChI is InChI=1S/C15H15BrN2O3.2C2H4O2.Cu/c1-3-21-15(20)14-13(17-10(2)19)8-9-18(14)12-6-4-11(16)5-7-12;2*1-2(3)4;/h4-9H,3H2,1-2H3,(H,17,19);2*1H3,(H,3,4);/q;;;+2/p-2. The molecule has 0 bridgehead atoms. The molecule has 0 saturated carbocycles. The molecule has 11 heteroatoms. The molecule has 1 aromatic carbocycles. The van der Waals surface area contributed by atoms with E-state index in [1.807, 2.05) is 24.3 Å². The minimum absolute atomic E-state index is 0. The molecule has 167 valence electrons. The summed E-state index contributed by atoms with van der Waals surface area (Å²) < 4.78 is 7.71. The number of carbonyl (C=O) groups is 4. The van der Waals surface area contributed by atoms with Crippen LogP contribution in [0.4, 0.5) is 5.69 Å². The van der Waals surface area contributed by atoms with Crippen molar-refractivity contribution >= 4 is 45.4 Å². The van der Waals surface area contributed by atoms with Gasteiger partial charge in [0.15, 0.2) is 5.69 Å². The number of ether oxygens (including phenoxy) is 1. The van der Waals surface area contributed by atoms with Gasteiger partial charge in [0.1, 0.15) is 0 Å². The van der Waals surface area contributed by atoms with Gasteiger partial charge in [-0.1, -0.05) is 15.9 Å². The van der Waals surface area contributed by atoms with E-state index in [9.17, 15) is 9.59 Å². The average Bonchev–Trinajstić information content (AvgIpc) is 2.97. The molecule has 0 aliphatic heterocycles. The van der Waals surface area contributed by atoms with Crippen molar-refractivity contribution in [1.29, 1.82) is 0 Å². The van der Waals surface area contributed by atoms with Crippen LogP contribution < -0.4 is 15.5 Å². The summed E-state index contributed by atoms with van der Waals surface area (Å²) in [5.41, 5.74) is 1.54. The van der Waals surface area contributed by atoms with Crippen molar-refractivity contribution in [2.75, 3.05) is 11.9 Å². The van der Waals surface area contributed by atoms with Crippen LogP contribution in [-0.2, 0) is 36.2 Å². The molecule has 2 aromatic rings. The summed E-state index contributed by atoms with van der Waals surface area (Å²) >= 11 is 3.37. The predicted molar refractivity (Wildman–Crippen MR) is 105 cm³/mol. The molecular weight excluding hydrogens is 512 g/mol. The average molecular weight is 533 g/mol. The molecule has 0 spiro atoms. The SMILES string of the molecule is CC(=O)[O-].CC(=O)[O-].CCOC(=O)c1c(NC(C)=O)ccn1-c1ccc(Br)cc1.[Cu+2]. The molecule has 1 aromatic heterocycles. The van der Waals surface area contributed by atoms with E-state index in [-0.39, 0.29) is 29.6 Å². The molecule has 1 amide bonds. The number of benzene rings is 1. The van der Waals surface area contributed by atoms with Crippen molar-refractivity contribution in [2.45, 2.75) is 27.7 Å². The van der Waals surface area contributed by atoms with Crippen molar-refractivity contribution in [3.05, 3.63) is 46.7 Å². The Kier molecular flexibility index (Phi) is 15.0. The molecule has 1 N–H and O–H groups in total. The maximum atomic E-state index is 12.2. The van der Waals surface area contributed by atoms with Crippen molar-refractivity contribution in [3.8, 4) is 5.69 Å². The summed E-state index contributed by atoms with van der Waals surface area (Å²) in [6.45, 7) is 5.35. The zero-order valence-electron chi connectivity index (χ0n) is 16.7. The third-order valence-corrected chi connectivity index (χ3v) is 3.30. The first-order valence-electron chi connectivity index (χ1n) is 8.26. The molecule has 0 unspecified atom stereocenters. The molecule has 0 saturated heterocycles. The first kappa shape index (κ1) is 29.6. The van der Waals surface area contributed by atoms with Crippen LogP contribution in [0.5, 0.6) is 0 Å². The van der Waals surface area contributed by atoms with Crippen LogP contribution in [0.15, 0.2) is 41.0 Å². The summed E-state index contributed by atoms with van der Waals surface area (Å²) in [6.07, 6.45) is 1.72. The third-order valence-electron chi connectivity index (χ3n) is 2.77. The van der Waals surface area contributed by atoms with Gasteiger partial charge in [0, 0.05) is 35.2 Å². The monoisotopic (exact) mass is 531 g/mol. The first-order chi connectivity index (χ1) is 13.5. The van der Waals surface area contributed by atoms with Gasteiger partial charge in [-0.3, -0.25) is 4.79 Å². The fraction of sp³-hybridized carbons (Fsp3) is 0.263.